The van der Waals surface area contributed by atoms with Gasteiger partial charge >= 0.3 is 6.03 Å². The predicted molar refractivity (Wildman–Crippen MR) is 85.8 cm³/mol. The Morgan fingerprint density at radius 2 is 1.68 bits per heavy atom. The smallest absolute Gasteiger partial charge is 0.322 e. The average Bonchev–Trinajstić information content (AvgIpc) is 2.96. The number of likely N-dealkylation sites (tertiary alicyclic amines) is 2. The van der Waals surface area contributed by atoms with Crippen molar-refractivity contribution in [2.24, 2.45) is 0 Å². The van der Waals surface area contributed by atoms with Crippen molar-refractivity contribution in [1.29, 1.82) is 0 Å². The number of nitrogens with zero attached hydrogens (tertiary/aromatic N) is 2. The van der Waals surface area contributed by atoms with Crippen LogP contribution in [0.2, 0.25) is 0 Å². The maximum atomic E-state index is 13.9. The molecule has 2 aliphatic rings. The average molecular weight is 355 g/mol. The van der Waals surface area contributed by atoms with E-state index in [-0.39, 0.29) is 24.6 Å². The molecule has 0 bridgehead atoms. The number of rotatable bonds is 2. The monoisotopic (exact) mass is 355 g/mol. The Labute approximate surface area is 143 Å². The zero-order valence-electron chi connectivity index (χ0n) is 13.7. The number of nitrogens with one attached hydrogen (secondary N) is 1. The van der Waals surface area contributed by atoms with Crippen LogP contribution in [0.25, 0.3) is 0 Å². The third-order valence-electron chi connectivity index (χ3n) is 4.58. The summed E-state index contributed by atoms with van der Waals surface area (Å²) < 4.78 is 40.3. The van der Waals surface area contributed by atoms with E-state index in [1.165, 1.54) is 0 Å². The fourth-order valence-corrected chi connectivity index (χ4v) is 3.39. The first-order valence-electron chi connectivity index (χ1n) is 8.40. The minimum atomic E-state index is -1.30. The van der Waals surface area contributed by atoms with Crippen molar-refractivity contribution in [2.45, 2.75) is 37.9 Å². The highest BCUT2D eigenvalue weighted by Crippen LogP contribution is 2.25. The van der Waals surface area contributed by atoms with Crippen molar-refractivity contribution < 1.29 is 22.8 Å². The maximum absolute atomic E-state index is 13.9. The SMILES string of the molecule is O=C([C@@H]1C[C@H](F)CN1C(=O)Nc1cc(F)cc(F)c1)N1CCCCC1. The fourth-order valence-electron chi connectivity index (χ4n) is 3.39. The molecule has 0 aromatic heterocycles. The number of hydrogen-bond acceptors (Lipinski definition) is 2. The first-order valence-corrected chi connectivity index (χ1v) is 8.40. The van der Waals surface area contributed by atoms with Crippen LogP contribution in [0.4, 0.5) is 23.7 Å². The molecule has 2 aliphatic heterocycles. The summed E-state index contributed by atoms with van der Waals surface area (Å²) in [7, 11) is 0. The number of anilines is 1. The standard InChI is InChI=1S/C17H20F3N3O2/c18-11-6-12(19)8-14(7-11)21-17(25)23-10-13(20)9-15(23)16(24)22-4-2-1-3-5-22/h6-8,13,15H,1-5,9-10H2,(H,21,25)/t13-,15-/m0/s1. The van der Waals surface area contributed by atoms with Gasteiger partial charge in [0, 0.05) is 31.3 Å². The van der Waals surface area contributed by atoms with Gasteiger partial charge in [-0.1, -0.05) is 0 Å². The summed E-state index contributed by atoms with van der Waals surface area (Å²) in [6.07, 6.45) is 1.49. The summed E-state index contributed by atoms with van der Waals surface area (Å²) in [5.41, 5.74) is -0.0750. The second kappa shape index (κ2) is 7.33. The largest absolute Gasteiger partial charge is 0.341 e. The summed E-state index contributed by atoms with van der Waals surface area (Å²) in [5, 5.41) is 2.34. The van der Waals surface area contributed by atoms with E-state index in [0.29, 0.717) is 19.2 Å². The molecule has 3 amide bonds. The van der Waals surface area contributed by atoms with E-state index in [1.54, 1.807) is 4.90 Å². The van der Waals surface area contributed by atoms with Crippen molar-refractivity contribution >= 4 is 17.6 Å². The van der Waals surface area contributed by atoms with Gasteiger partial charge < -0.3 is 15.1 Å². The highest BCUT2D eigenvalue weighted by Gasteiger charge is 2.41. The number of benzene rings is 1. The molecule has 2 saturated heterocycles. The van der Waals surface area contributed by atoms with Crippen molar-refractivity contribution in [3.63, 3.8) is 0 Å². The van der Waals surface area contributed by atoms with Gasteiger partial charge in [-0.2, -0.15) is 0 Å². The summed E-state index contributed by atoms with van der Waals surface area (Å²) in [6.45, 7) is 1.00. The molecule has 1 aromatic rings. The molecule has 1 N–H and O–H groups in total. The molecule has 2 heterocycles. The number of urea groups is 1. The molecule has 5 nitrogen and oxygen atoms in total. The Morgan fingerprint density at radius 3 is 2.32 bits per heavy atom. The maximum Gasteiger partial charge on any atom is 0.322 e. The van der Waals surface area contributed by atoms with Gasteiger partial charge in [0.05, 0.1) is 6.54 Å². The van der Waals surface area contributed by atoms with Crippen molar-refractivity contribution in [1.82, 2.24) is 9.80 Å². The number of halogens is 3. The van der Waals surface area contributed by atoms with E-state index in [1.807, 2.05) is 0 Å². The zero-order chi connectivity index (χ0) is 18.0. The number of amides is 3. The first-order chi connectivity index (χ1) is 11.9. The van der Waals surface area contributed by atoms with Crippen LogP contribution in [0.5, 0.6) is 0 Å². The van der Waals surface area contributed by atoms with Crippen molar-refractivity contribution in [3.05, 3.63) is 29.8 Å². The lowest BCUT2D eigenvalue weighted by molar-refractivity contribution is -0.136. The Bertz CT molecular complexity index is 644. The Balaban J connectivity index is 1.71. The molecule has 0 unspecified atom stereocenters. The molecule has 0 spiro atoms. The van der Waals surface area contributed by atoms with Gasteiger partial charge in [-0.25, -0.2) is 18.0 Å². The molecule has 0 saturated carbocycles. The topological polar surface area (TPSA) is 52.7 Å². The van der Waals surface area contributed by atoms with E-state index < -0.39 is 29.9 Å². The van der Waals surface area contributed by atoms with Crippen LogP contribution in [0.3, 0.4) is 0 Å². The van der Waals surface area contributed by atoms with Gasteiger partial charge in [0.15, 0.2) is 0 Å². The zero-order valence-corrected chi connectivity index (χ0v) is 13.7. The summed E-state index contributed by atoms with van der Waals surface area (Å²) in [6, 6.07) is 0.995. The van der Waals surface area contributed by atoms with Crippen LogP contribution >= 0.6 is 0 Å². The highest BCUT2D eigenvalue weighted by atomic mass is 19.1. The van der Waals surface area contributed by atoms with E-state index in [0.717, 1.165) is 36.3 Å². The third kappa shape index (κ3) is 4.05. The van der Waals surface area contributed by atoms with Gasteiger partial charge in [0.1, 0.15) is 23.8 Å². The highest BCUT2D eigenvalue weighted by molar-refractivity contribution is 5.94. The number of piperidine rings is 1. The summed E-state index contributed by atoms with van der Waals surface area (Å²) in [4.78, 5) is 27.8. The molecule has 2 atom stereocenters. The minimum absolute atomic E-state index is 0.0553. The number of hydrogen-bond donors (Lipinski definition) is 1. The molecule has 0 aliphatic carbocycles. The lowest BCUT2D eigenvalue weighted by Crippen LogP contribution is -2.50. The molecule has 2 fully saturated rings. The normalized spacial score (nSPS) is 23.6. The molecule has 0 radical (unpaired) electrons. The first kappa shape index (κ1) is 17.6. The van der Waals surface area contributed by atoms with Crippen molar-refractivity contribution in [2.75, 3.05) is 25.0 Å². The van der Waals surface area contributed by atoms with Crippen LogP contribution in [0.1, 0.15) is 25.7 Å². The lowest BCUT2D eigenvalue weighted by atomic mass is 10.1. The van der Waals surface area contributed by atoms with Gasteiger partial charge in [-0.05, 0) is 31.4 Å². The molecule has 3 rings (SSSR count). The summed E-state index contributed by atoms with van der Waals surface area (Å²) >= 11 is 0. The Hall–Kier alpha value is -2.25. The minimum Gasteiger partial charge on any atom is -0.341 e. The van der Waals surface area contributed by atoms with Gasteiger partial charge in [0.25, 0.3) is 0 Å². The number of carbonyl (C=O) groups excluding carboxylic acids is 2. The Morgan fingerprint density at radius 1 is 1.04 bits per heavy atom. The molecule has 136 valence electrons. The number of alkyl halides is 1. The number of carbonyl (C=O) groups is 2. The second-order valence-electron chi connectivity index (χ2n) is 6.48. The third-order valence-corrected chi connectivity index (χ3v) is 4.58. The molecule has 1 aromatic carbocycles. The van der Waals surface area contributed by atoms with E-state index in [9.17, 15) is 22.8 Å². The van der Waals surface area contributed by atoms with Crippen LogP contribution in [-0.2, 0) is 4.79 Å². The van der Waals surface area contributed by atoms with E-state index >= 15 is 0 Å². The Kier molecular flexibility index (Phi) is 5.15. The van der Waals surface area contributed by atoms with E-state index in [2.05, 4.69) is 5.32 Å². The van der Waals surface area contributed by atoms with Gasteiger partial charge in [0.2, 0.25) is 5.91 Å². The van der Waals surface area contributed by atoms with Crippen LogP contribution in [-0.4, -0.2) is 53.6 Å². The second-order valence-corrected chi connectivity index (χ2v) is 6.48. The van der Waals surface area contributed by atoms with E-state index in [4.69, 9.17) is 0 Å². The predicted octanol–water partition coefficient (Wildman–Crippen LogP) is 2.92. The molecular formula is C17H20F3N3O2. The van der Waals surface area contributed by atoms with Gasteiger partial charge in [-0.3, -0.25) is 4.79 Å². The van der Waals surface area contributed by atoms with Crippen LogP contribution in [0, 0.1) is 11.6 Å². The summed E-state index contributed by atoms with van der Waals surface area (Å²) in [5.74, 6) is -1.93. The van der Waals surface area contributed by atoms with Crippen LogP contribution < -0.4 is 5.32 Å². The van der Waals surface area contributed by atoms with Gasteiger partial charge in [-0.15, -0.1) is 0 Å². The van der Waals surface area contributed by atoms with Crippen molar-refractivity contribution in [3.8, 4) is 0 Å². The van der Waals surface area contributed by atoms with Crippen LogP contribution in [0.15, 0.2) is 18.2 Å². The fraction of sp³-hybridized carbons (Fsp3) is 0.529. The molecule has 25 heavy (non-hydrogen) atoms. The molecule has 8 heteroatoms. The quantitative estimate of drug-likeness (QED) is 0.887. The lowest BCUT2D eigenvalue weighted by Gasteiger charge is -2.32. The molecular weight excluding hydrogens is 335 g/mol.